The van der Waals surface area contributed by atoms with Crippen molar-refractivity contribution in [3.05, 3.63) is 24.3 Å². The van der Waals surface area contributed by atoms with Gasteiger partial charge >= 0.3 is 0 Å². The zero-order valence-corrected chi connectivity index (χ0v) is 9.03. The highest BCUT2D eigenvalue weighted by molar-refractivity contribution is 5.01. The Morgan fingerprint density at radius 2 is 2.21 bits per heavy atom. The summed E-state index contributed by atoms with van der Waals surface area (Å²) in [6.07, 6.45) is 10.2. The first kappa shape index (κ1) is 11.1. The van der Waals surface area contributed by atoms with E-state index in [0.29, 0.717) is 6.04 Å². The molecule has 0 aliphatic heterocycles. The number of aromatic nitrogens is 2. The second kappa shape index (κ2) is 6.49. The van der Waals surface area contributed by atoms with E-state index in [-0.39, 0.29) is 0 Å². The minimum Gasteiger partial charge on any atom is -0.312 e. The zero-order chi connectivity index (χ0) is 10.2. The Morgan fingerprint density at radius 3 is 2.79 bits per heavy atom. The van der Waals surface area contributed by atoms with E-state index in [1.807, 2.05) is 13.2 Å². The van der Waals surface area contributed by atoms with Crippen molar-refractivity contribution in [2.75, 3.05) is 7.05 Å². The lowest BCUT2D eigenvalue weighted by molar-refractivity contribution is 0.500. The van der Waals surface area contributed by atoms with Crippen molar-refractivity contribution in [3.8, 4) is 0 Å². The molecule has 0 bridgehead atoms. The van der Waals surface area contributed by atoms with Crippen molar-refractivity contribution in [2.24, 2.45) is 0 Å². The average molecular weight is 193 g/mol. The van der Waals surface area contributed by atoms with Gasteiger partial charge in [0.05, 0.1) is 11.7 Å². The van der Waals surface area contributed by atoms with Crippen LogP contribution in [0.15, 0.2) is 18.6 Å². The Morgan fingerprint density at radius 1 is 1.36 bits per heavy atom. The largest absolute Gasteiger partial charge is 0.312 e. The van der Waals surface area contributed by atoms with E-state index in [1.54, 1.807) is 12.4 Å². The number of nitrogens with one attached hydrogen (secondary N) is 1. The van der Waals surface area contributed by atoms with Gasteiger partial charge in [0.15, 0.2) is 0 Å². The van der Waals surface area contributed by atoms with Crippen LogP contribution in [0.4, 0.5) is 0 Å². The third-order valence-electron chi connectivity index (χ3n) is 2.38. The Hall–Kier alpha value is -0.960. The molecular formula is C11H19N3. The van der Waals surface area contributed by atoms with Gasteiger partial charge in [-0.1, -0.05) is 26.2 Å². The normalized spacial score (nSPS) is 12.7. The molecule has 1 rings (SSSR count). The van der Waals surface area contributed by atoms with Gasteiger partial charge in [-0.15, -0.1) is 0 Å². The lowest BCUT2D eigenvalue weighted by Gasteiger charge is -2.14. The Labute approximate surface area is 86.0 Å². The Kier molecular flexibility index (Phi) is 5.15. The Balaban J connectivity index is 2.46. The SMILES string of the molecule is CCCCCC(NC)c1cnccn1. The summed E-state index contributed by atoms with van der Waals surface area (Å²) < 4.78 is 0. The Bertz CT molecular complexity index is 236. The zero-order valence-electron chi connectivity index (χ0n) is 9.03. The summed E-state index contributed by atoms with van der Waals surface area (Å²) in [7, 11) is 1.98. The summed E-state index contributed by atoms with van der Waals surface area (Å²) in [5.41, 5.74) is 1.05. The van der Waals surface area contributed by atoms with E-state index in [0.717, 1.165) is 12.1 Å². The highest BCUT2D eigenvalue weighted by atomic mass is 14.9. The van der Waals surface area contributed by atoms with Crippen LogP contribution in [0.3, 0.4) is 0 Å². The number of hydrogen-bond acceptors (Lipinski definition) is 3. The van der Waals surface area contributed by atoms with Gasteiger partial charge in [-0.05, 0) is 13.5 Å². The highest BCUT2D eigenvalue weighted by Gasteiger charge is 2.09. The summed E-state index contributed by atoms with van der Waals surface area (Å²) in [5.74, 6) is 0. The predicted molar refractivity (Wildman–Crippen MR) is 58.0 cm³/mol. The molecule has 1 N–H and O–H groups in total. The van der Waals surface area contributed by atoms with E-state index in [4.69, 9.17) is 0 Å². The molecule has 0 radical (unpaired) electrons. The van der Waals surface area contributed by atoms with Crippen molar-refractivity contribution in [2.45, 2.75) is 38.6 Å². The molecular weight excluding hydrogens is 174 g/mol. The topological polar surface area (TPSA) is 37.8 Å². The van der Waals surface area contributed by atoms with Gasteiger partial charge in [-0.3, -0.25) is 9.97 Å². The quantitative estimate of drug-likeness (QED) is 0.704. The smallest absolute Gasteiger partial charge is 0.0755 e. The van der Waals surface area contributed by atoms with Crippen LogP contribution >= 0.6 is 0 Å². The summed E-state index contributed by atoms with van der Waals surface area (Å²) >= 11 is 0. The molecule has 0 spiro atoms. The highest BCUT2D eigenvalue weighted by Crippen LogP contribution is 2.16. The van der Waals surface area contributed by atoms with Crippen LogP contribution in [-0.2, 0) is 0 Å². The van der Waals surface area contributed by atoms with Gasteiger partial charge in [0.25, 0.3) is 0 Å². The second-order valence-corrected chi connectivity index (χ2v) is 3.47. The molecule has 14 heavy (non-hydrogen) atoms. The van der Waals surface area contributed by atoms with E-state index >= 15 is 0 Å². The lowest BCUT2D eigenvalue weighted by Crippen LogP contribution is -2.17. The molecule has 0 aromatic carbocycles. The molecule has 1 heterocycles. The van der Waals surface area contributed by atoms with Gasteiger partial charge in [0.2, 0.25) is 0 Å². The molecule has 1 unspecified atom stereocenters. The fraction of sp³-hybridized carbons (Fsp3) is 0.636. The summed E-state index contributed by atoms with van der Waals surface area (Å²) in [4.78, 5) is 8.38. The van der Waals surface area contributed by atoms with Gasteiger partial charge in [-0.2, -0.15) is 0 Å². The summed E-state index contributed by atoms with van der Waals surface area (Å²) in [5, 5.41) is 3.27. The maximum atomic E-state index is 4.30. The first-order valence-corrected chi connectivity index (χ1v) is 5.31. The van der Waals surface area contributed by atoms with Crippen molar-refractivity contribution < 1.29 is 0 Å². The molecule has 0 amide bonds. The van der Waals surface area contributed by atoms with Crippen LogP contribution in [0.1, 0.15) is 44.3 Å². The number of unbranched alkanes of at least 4 members (excludes halogenated alkanes) is 2. The van der Waals surface area contributed by atoms with Crippen LogP contribution in [0, 0.1) is 0 Å². The van der Waals surface area contributed by atoms with Crippen LogP contribution in [0.25, 0.3) is 0 Å². The third kappa shape index (κ3) is 3.42. The van der Waals surface area contributed by atoms with Gasteiger partial charge in [-0.25, -0.2) is 0 Å². The van der Waals surface area contributed by atoms with E-state index < -0.39 is 0 Å². The van der Waals surface area contributed by atoms with E-state index in [1.165, 1.54) is 19.3 Å². The number of nitrogens with zero attached hydrogens (tertiary/aromatic N) is 2. The maximum absolute atomic E-state index is 4.30. The standard InChI is InChI=1S/C11H19N3/c1-3-4-5-6-10(12-2)11-9-13-7-8-14-11/h7-10,12H,3-6H2,1-2H3. The molecule has 3 nitrogen and oxygen atoms in total. The maximum Gasteiger partial charge on any atom is 0.0755 e. The lowest BCUT2D eigenvalue weighted by atomic mass is 10.1. The monoisotopic (exact) mass is 193 g/mol. The van der Waals surface area contributed by atoms with Crippen LogP contribution in [-0.4, -0.2) is 17.0 Å². The van der Waals surface area contributed by atoms with Crippen LogP contribution in [0.5, 0.6) is 0 Å². The minimum atomic E-state index is 0.357. The molecule has 0 saturated heterocycles. The van der Waals surface area contributed by atoms with Gasteiger partial charge < -0.3 is 5.32 Å². The van der Waals surface area contributed by atoms with Crippen molar-refractivity contribution in [3.63, 3.8) is 0 Å². The molecule has 0 saturated carbocycles. The molecule has 0 aliphatic carbocycles. The van der Waals surface area contributed by atoms with Crippen LogP contribution in [0.2, 0.25) is 0 Å². The molecule has 0 aliphatic rings. The fourth-order valence-electron chi connectivity index (χ4n) is 1.53. The molecule has 1 aromatic rings. The second-order valence-electron chi connectivity index (χ2n) is 3.47. The third-order valence-corrected chi connectivity index (χ3v) is 2.38. The van der Waals surface area contributed by atoms with Crippen molar-refractivity contribution in [1.82, 2.24) is 15.3 Å². The number of rotatable bonds is 6. The van der Waals surface area contributed by atoms with E-state index in [2.05, 4.69) is 22.2 Å². The van der Waals surface area contributed by atoms with E-state index in [9.17, 15) is 0 Å². The molecule has 0 fully saturated rings. The molecule has 78 valence electrons. The molecule has 1 aromatic heterocycles. The van der Waals surface area contributed by atoms with Gasteiger partial charge in [0, 0.05) is 18.6 Å². The molecule has 3 heteroatoms. The minimum absolute atomic E-state index is 0.357. The number of hydrogen-bond donors (Lipinski definition) is 1. The van der Waals surface area contributed by atoms with Crippen molar-refractivity contribution >= 4 is 0 Å². The predicted octanol–water partition coefficient (Wildman–Crippen LogP) is 2.32. The molecule has 1 atom stereocenters. The first-order valence-electron chi connectivity index (χ1n) is 5.31. The summed E-state index contributed by atoms with van der Waals surface area (Å²) in [6, 6.07) is 0.357. The van der Waals surface area contributed by atoms with Crippen molar-refractivity contribution in [1.29, 1.82) is 0 Å². The van der Waals surface area contributed by atoms with Gasteiger partial charge in [0.1, 0.15) is 0 Å². The average Bonchev–Trinajstić information content (AvgIpc) is 2.26. The fourth-order valence-corrected chi connectivity index (χ4v) is 1.53. The summed E-state index contributed by atoms with van der Waals surface area (Å²) in [6.45, 7) is 2.22. The first-order chi connectivity index (χ1) is 6.88. The van der Waals surface area contributed by atoms with Crippen LogP contribution < -0.4 is 5.32 Å².